The minimum absolute atomic E-state index is 0.0682. The maximum absolute atomic E-state index is 13.4. The van der Waals surface area contributed by atoms with Gasteiger partial charge in [0.05, 0.1) is 11.4 Å². The van der Waals surface area contributed by atoms with E-state index in [0.717, 1.165) is 0 Å². The number of nitrogens with zero attached hydrogens (tertiary/aromatic N) is 1. The van der Waals surface area contributed by atoms with E-state index in [9.17, 15) is 24.3 Å². The Kier molecular flexibility index (Phi) is 8.24. The molecule has 9 heteroatoms. The Hall–Kier alpha value is -3.10. The topological polar surface area (TPSA) is 128 Å². The van der Waals surface area contributed by atoms with Crippen LogP contribution in [0.4, 0.5) is 16.2 Å². The summed E-state index contributed by atoms with van der Waals surface area (Å²) in [7, 11) is 0. The summed E-state index contributed by atoms with van der Waals surface area (Å²) in [5.74, 6) is -2.41. The summed E-state index contributed by atoms with van der Waals surface area (Å²) in [6.07, 6.45) is 0.273. The minimum Gasteiger partial charge on any atom is -0.480 e. The van der Waals surface area contributed by atoms with Gasteiger partial charge in [-0.2, -0.15) is 0 Å². The van der Waals surface area contributed by atoms with Crippen LogP contribution in [0.15, 0.2) is 24.3 Å². The van der Waals surface area contributed by atoms with Crippen molar-refractivity contribution in [3.63, 3.8) is 0 Å². The number of carbonyl (C=O) groups excluding carboxylic acids is 3. The Morgan fingerprint density at radius 3 is 2.22 bits per heavy atom. The number of fused-ring (bicyclic) bond motifs is 1. The zero-order valence-corrected chi connectivity index (χ0v) is 19.5. The van der Waals surface area contributed by atoms with E-state index in [4.69, 9.17) is 0 Å². The predicted octanol–water partition coefficient (Wildman–Crippen LogP) is 2.82. The van der Waals surface area contributed by atoms with Crippen LogP contribution in [0.2, 0.25) is 0 Å². The summed E-state index contributed by atoms with van der Waals surface area (Å²) in [6.45, 7) is 10.9. The summed E-state index contributed by atoms with van der Waals surface area (Å²) >= 11 is 0. The van der Waals surface area contributed by atoms with Gasteiger partial charge in [0.25, 0.3) is 0 Å². The monoisotopic (exact) mass is 446 g/mol. The first kappa shape index (κ1) is 25.2. The third kappa shape index (κ3) is 5.77. The largest absolute Gasteiger partial charge is 0.480 e. The van der Waals surface area contributed by atoms with Gasteiger partial charge < -0.3 is 21.1 Å². The number of anilines is 2. The van der Waals surface area contributed by atoms with Crippen molar-refractivity contribution in [1.29, 1.82) is 0 Å². The van der Waals surface area contributed by atoms with Gasteiger partial charge in [-0.15, -0.1) is 0 Å². The molecular weight excluding hydrogens is 412 g/mol. The van der Waals surface area contributed by atoms with E-state index in [0.29, 0.717) is 11.4 Å². The van der Waals surface area contributed by atoms with Gasteiger partial charge in [0.2, 0.25) is 11.8 Å². The van der Waals surface area contributed by atoms with Crippen LogP contribution in [0.3, 0.4) is 0 Å². The van der Waals surface area contributed by atoms with Gasteiger partial charge in [0.1, 0.15) is 18.1 Å². The Labute approximate surface area is 188 Å². The van der Waals surface area contributed by atoms with Crippen molar-refractivity contribution in [3.05, 3.63) is 24.3 Å². The van der Waals surface area contributed by atoms with Gasteiger partial charge in [0.15, 0.2) is 0 Å². The fourth-order valence-corrected chi connectivity index (χ4v) is 3.79. The normalized spacial score (nSPS) is 17.6. The number of nitrogens with one attached hydrogen (secondary N) is 3. The molecular formula is C23H34N4O5. The molecule has 32 heavy (non-hydrogen) atoms. The molecule has 0 bridgehead atoms. The highest BCUT2D eigenvalue weighted by atomic mass is 16.4. The SMILES string of the molecule is CC(C)C[C@H](NC(=O)[C@@H](NC(=O)N1c2ccccc2NC(=O)[C@@H]1C(C)C)C(C)C)C(=O)O. The molecule has 3 atom stereocenters. The fraction of sp³-hybridized carbons (Fsp3) is 0.565. The minimum atomic E-state index is -1.12. The number of benzene rings is 1. The van der Waals surface area contributed by atoms with Crippen molar-refractivity contribution in [1.82, 2.24) is 10.6 Å². The van der Waals surface area contributed by atoms with Crippen molar-refractivity contribution < 1.29 is 24.3 Å². The van der Waals surface area contributed by atoms with E-state index >= 15 is 0 Å². The number of para-hydroxylation sites is 2. The number of hydrogen-bond donors (Lipinski definition) is 4. The summed E-state index contributed by atoms with van der Waals surface area (Å²) < 4.78 is 0. The molecule has 1 aromatic rings. The van der Waals surface area contributed by atoms with Gasteiger partial charge in [-0.1, -0.05) is 53.7 Å². The molecule has 0 radical (unpaired) electrons. The number of amides is 4. The summed E-state index contributed by atoms with van der Waals surface area (Å²) in [6, 6.07) is 3.60. The third-order valence-electron chi connectivity index (χ3n) is 5.37. The highest BCUT2D eigenvalue weighted by Crippen LogP contribution is 2.34. The summed E-state index contributed by atoms with van der Waals surface area (Å²) in [5.41, 5.74) is 1.05. The first-order valence-electron chi connectivity index (χ1n) is 11.0. The number of rotatable bonds is 8. The molecule has 0 aliphatic carbocycles. The zero-order chi connectivity index (χ0) is 24.2. The molecule has 1 aromatic carbocycles. The number of hydrogen-bond acceptors (Lipinski definition) is 4. The molecule has 0 spiro atoms. The van der Waals surface area contributed by atoms with Crippen LogP contribution in [0, 0.1) is 17.8 Å². The van der Waals surface area contributed by atoms with E-state index in [2.05, 4.69) is 16.0 Å². The standard InChI is InChI=1S/C23H34N4O5/c1-12(2)11-16(22(30)31)25-20(28)18(13(3)4)26-23(32)27-17-10-8-7-9-15(17)24-21(29)19(27)14(5)6/h7-10,12-14,16,18-19H,11H2,1-6H3,(H,24,29)(H,25,28)(H,26,32)(H,30,31)/t16-,18-,19-/m0/s1. The van der Waals surface area contributed by atoms with E-state index < -0.39 is 36.0 Å². The molecule has 1 aliphatic heterocycles. The van der Waals surface area contributed by atoms with Gasteiger partial charge >= 0.3 is 12.0 Å². The molecule has 2 rings (SSSR count). The molecule has 1 heterocycles. The van der Waals surface area contributed by atoms with E-state index in [-0.39, 0.29) is 30.1 Å². The lowest BCUT2D eigenvalue weighted by molar-refractivity contribution is -0.142. The zero-order valence-electron chi connectivity index (χ0n) is 19.5. The second-order valence-corrected chi connectivity index (χ2v) is 9.27. The lowest BCUT2D eigenvalue weighted by atomic mass is 9.97. The summed E-state index contributed by atoms with van der Waals surface area (Å²) in [4.78, 5) is 52.0. The second-order valence-electron chi connectivity index (χ2n) is 9.27. The molecule has 1 aliphatic rings. The summed E-state index contributed by atoms with van der Waals surface area (Å²) in [5, 5.41) is 17.6. The highest BCUT2D eigenvalue weighted by molar-refractivity contribution is 6.12. The molecule has 4 amide bonds. The average Bonchev–Trinajstić information content (AvgIpc) is 2.69. The molecule has 4 N–H and O–H groups in total. The Morgan fingerprint density at radius 1 is 1.06 bits per heavy atom. The maximum atomic E-state index is 13.4. The van der Waals surface area contributed by atoms with Gasteiger partial charge in [-0.3, -0.25) is 14.5 Å². The molecule has 0 aromatic heterocycles. The molecule has 0 saturated heterocycles. The van der Waals surface area contributed by atoms with Crippen molar-refractivity contribution in [2.75, 3.05) is 10.2 Å². The first-order chi connectivity index (χ1) is 14.9. The Balaban J connectivity index is 2.30. The average molecular weight is 447 g/mol. The van der Waals surface area contributed by atoms with E-state index in [1.165, 1.54) is 4.90 Å². The van der Waals surface area contributed by atoms with Crippen molar-refractivity contribution >= 4 is 35.2 Å². The number of urea groups is 1. The van der Waals surface area contributed by atoms with Gasteiger partial charge in [-0.05, 0) is 36.3 Å². The van der Waals surface area contributed by atoms with E-state index in [1.807, 2.05) is 27.7 Å². The smallest absolute Gasteiger partial charge is 0.326 e. The predicted molar refractivity (Wildman–Crippen MR) is 122 cm³/mol. The second kappa shape index (κ2) is 10.5. The lowest BCUT2D eigenvalue weighted by Gasteiger charge is -2.39. The number of aliphatic carboxylic acids is 1. The van der Waals surface area contributed by atoms with Crippen LogP contribution >= 0.6 is 0 Å². The van der Waals surface area contributed by atoms with Crippen LogP contribution in [0.25, 0.3) is 0 Å². The fourth-order valence-electron chi connectivity index (χ4n) is 3.79. The quantitative estimate of drug-likeness (QED) is 0.488. The van der Waals surface area contributed by atoms with Crippen LogP contribution in [0.1, 0.15) is 48.0 Å². The molecule has 0 unspecified atom stereocenters. The highest BCUT2D eigenvalue weighted by Gasteiger charge is 2.40. The molecule has 0 fully saturated rings. The van der Waals surface area contributed by atoms with Crippen LogP contribution in [0.5, 0.6) is 0 Å². The number of carboxylic acids is 1. The van der Waals surface area contributed by atoms with Crippen molar-refractivity contribution in [3.8, 4) is 0 Å². The van der Waals surface area contributed by atoms with Gasteiger partial charge in [0, 0.05) is 0 Å². The Bertz CT molecular complexity index is 868. The van der Waals surface area contributed by atoms with E-state index in [1.54, 1.807) is 38.1 Å². The maximum Gasteiger partial charge on any atom is 0.326 e. The number of carbonyl (C=O) groups is 4. The molecule has 0 saturated carbocycles. The molecule has 176 valence electrons. The third-order valence-corrected chi connectivity index (χ3v) is 5.37. The Morgan fingerprint density at radius 2 is 1.69 bits per heavy atom. The van der Waals surface area contributed by atoms with Gasteiger partial charge in [-0.25, -0.2) is 9.59 Å². The van der Waals surface area contributed by atoms with Crippen LogP contribution < -0.4 is 20.9 Å². The first-order valence-corrected chi connectivity index (χ1v) is 11.0. The van der Waals surface area contributed by atoms with Crippen LogP contribution in [-0.2, 0) is 14.4 Å². The molecule has 9 nitrogen and oxygen atoms in total. The van der Waals surface area contributed by atoms with Crippen LogP contribution in [-0.4, -0.2) is 47.0 Å². The lowest BCUT2D eigenvalue weighted by Crippen LogP contribution is -2.61. The number of carboxylic acid groups (broad SMARTS) is 1. The van der Waals surface area contributed by atoms with Crippen molar-refractivity contribution in [2.45, 2.75) is 66.1 Å². The van der Waals surface area contributed by atoms with Crippen molar-refractivity contribution in [2.24, 2.45) is 17.8 Å².